The Morgan fingerprint density at radius 2 is 2.00 bits per heavy atom. The van der Waals surface area contributed by atoms with Crippen molar-refractivity contribution in [2.45, 2.75) is 13.8 Å². The van der Waals surface area contributed by atoms with Gasteiger partial charge in [0.25, 0.3) is 11.2 Å². The standard InChI is InChI=1S/C15H13N5O4/c1-8-6-10(20(23)24)4-5-12(8)17-18-13-9(2)11(7-16)14(21)19(3)15(13)22/h4-6,21H,1-3H3. The molecule has 24 heavy (non-hydrogen) atoms. The Labute approximate surface area is 136 Å². The van der Waals surface area contributed by atoms with Crippen molar-refractivity contribution in [3.05, 3.63) is 55.4 Å². The fourth-order valence-corrected chi connectivity index (χ4v) is 2.09. The molecule has 0 atom stereocenters. The second kappa shape index (κ2) is 6.29. The molecular weight excluding hydrogens is 314 g/mol. The molecule has 0 saturated carbocycles. The summed E-state index contributed by atoms with van der Waals surface area (Å²) in [4.78, 5) is 22.4. The predicted octanol–water partition coefficient (Wildman–Crippen LogP) is 2.90. The molecule has 1 aromatic heterocycles. The van der Waals surface area contributed by atoms with Crippen LogP contribution in [-0.2, 0) is 7.05 Å². The number of nitriles is 1. The molecule has 0 saturated heterocycles. The normalized spacial score (nSPS) is 10.8. The first-order valence-electron chi connectivity index (χ1n) is 6.77. The lowest BCUT2D eigenvalue weighted by atomic mass is 10.1. The minimum Gasteiger partial charge on any atom is -0.493 e. The number of benzene rings is 1. The molecule has 2 rings (SSSR count). The van der Waals surface area contributed by atoms with Crippen molar-refractivity contribution in [1.29, 1.82) is 5.26 Å². The van der Waals surface area contributed by atoms with E-state index in [2.05, 4.69) is 10.2 Å². The van der Waals surface area contributed by atoms with Gasteiger partial charge in [0.1, 0.15) is 11.6 Å². The van der Waals surface area contributed by atoms with Gasteiger partial charge in [0.05, 0.1) is 10.6 Å². The number of pyridine rings is 1. The van der Waals surface area contributed by atoms with Crippen LogP contribution in [0.4, 0.5) is 17.1 Å². The number of nitrogens with zero attached hydrogens (tertiary/aromatic N) is 5. The van der Waals surface area contributed by atoms with Crippen LogP contribution in [0.25, 0.3) is 0 Å². The zero-order valence-electron chi connectivity index (χ0n) is 13.1. The molecule has 9 heteroatoms. The molecule has 0 spiro atoms. The molecule has 0 aliphatic carbocycles. The molecule has 0 amide bonds. The summed E-state index contributed by atoms with van der Waals surface area (Å²) in [6.45, 7) is 3.11. The Balaban J connectivity index is 2.55. The fourth-order valence-electron chi connectivity index (χ4n) is 2.09. The van der Waals surface area contributed by atoms with E-state index in [1.807, 2.05) is 6.07 Å². The van der Waals surface area contributed by atoms with E-state index in [1.165, 1.54) is 32.2 Å². The molecule has 0 bridgehead atoms. The van der Waals surface area contributed by atoms with E-state index in [4.69, 9.17) is 5.26 Å². The number of nitro benzene ring substituents is 1. The lowest BCUT2D eigenvalue weighted by molar-refractivity contribution is -0.384. The SMILES string of the molecule is Cc1cc([N+](=O)[O-])ccc1N=Nc1c(C)c(C#N)c(O)n(C)c1=O. The lowest BCUT2D eigenvalue weighted by Gasteiger charge is -2.08. The van der Waals surface area contributed by atoms with Gasteiger partial charge in [0.15, 0.2) is 5.69 Å². The van der Waals surface area contributed by atoms with Gasteiger partial charge in [-0.25, -0.2) is 0 Å². The van der Waals surface area contributed by atoms with E-state index in [1.54, 1.807) is 6.92 Å². The third kappa shape index (κ3) is 2.85. The quantitative estimate of drug-likeness (QED) is 0.525. The summed E-state index contributed by atoms with van der Waals surface area (Å²) in [6.07, 6.45) is 0. The minimum absolute atomic E-state index is 0.0635. The predicted molar refractivity (Wildman–Crippen MR) is 84.8 cm³/mol. The third-order valence-corrected chi connectivity index (χ3v) is 3.54. The Kier molecular flexibility index (Phi) is 4.41. The van der Waals surface area contributed by atoms with E-state index in [9.17, 15) is 20.0 Å². The van der Waals surface area contributed by atoms with Crippen LogP contribution in [0, 0.1) is 35.3 Å². The first kappa shape index (κ1) is 16.8. The smallest absolute Gasteiger partial charge is 0.281 e. The summed E-state index contributed by atoms with van der Waals surface area (Å²) >= 11 is 0. The molecule has 122 valence electrons. The largest absolute Gasteiger partial charge is 0.493 e. The van der Waals surface area contributed by atoms with Crippen LogP contribution < -0.4 is 5.56 Å². The van der Waals surface area contributed by atoms with Gasteiger partial charge in [0, 0.05) is 24.7 Å². The molecule has 0 aliphatic heterocycles. The summed E-state index contributed by atoms with van der Waals surface area (Å²) in [5, 5.41) is 37.4. The van der Waals surface area contributed by atoms with Crippen LogP contribution >= 0.6 is 0 Å². The van der Waals surface area contributed by atoms with Gasteiger partial charge in [-0.2, -0.15) is 10.4 Å². The maximum atomic E-state index is 12.2. The molecule has 1 aromatic carbocycles. The number of aromatic hydroxyl groups is 1. The van der Waals surface area contributed by atoms with Crippen LogP contribution in [0.2, 0.25) is 0 Å². The molecule has 2 aromatic rings. The monoisotopic (exact) mass is 327 g/mol. The van der Waals surface area contributed by atoms with Crippen molar-refractivity contribution in [2.75, 3.05) is 0 Å². The molecule has 1 heterocycles. The molecule has 0 radical (unpaired) electrons. The first-order chi connectivity index (χ1) is 11.3. The highest BCUT2D eigenvalue weighted by atomic mass is 16.6. The molecule has 0 fully saturated rings. The Bertz CT molecular complexity index is 969. The Morgan fingerprint density at radius 1 is 1.33 bits per heavy atom. The highest BCUT2D eigenvalue weighted by Crippen LogP contribution is 2.28. The van der Waals surface area contributed by atoms with Gasteiger partial charge < -0.3 is 5.11 Å². The number of hydrogen-bond acceptors (Lipinski definition) is 7. The summed E-state index contributed by atoms with van der Waals surface area (Å²) < 4.78 is 0.905. The van der Waals surface area contributed by atoms with Crippen LogP contribution in [0.1, 0.15) is 16.7 Å². The average Bonchev–Trinajstić information content (AvgIpc) is 2.54. The number of aromatic nitrogens is 1. The lowest BCUT2D eigenvalue weighted by Crippen LogP contribution is -2.18. The van der Waals surface area contributed by atoms with Crippen LogP contribution in [0.15, 0.2) is 33.2 Å². The van der Waals surface area contributed by atoms with E-state index in [0.717, 1.165) is 4.57 Å². The second-order valence-corrected chi connectivity index (χ2v) is 5.08. The Morgan fingerprint density at radius 3 is 2.54 bits per heavy atom. The topological polar surface area (TPSA) is 134 Å². The van der Waals surface area contributed by atoms with Gasteiger partial charge in [-0.05, 0) is 25.5 Å². The highest BCUT2D eigenvalue weighted by Gasteiger charge is 2.17. The number of hydrogen-bond donors (Lipinski definition) is 1. The molecule has 0 unspecified atom stereocenters. The van der Waals surface area contributed by atoms with E-state index in [0.29, 0.717) is 11.3 Å². The summed E-state index contributed by atoms with van der Waals surface area (Å²) in [6, 6.07) is 5.86. The molecule has 0 aliphatic rings. The van der Waals surface area contributed by atoms with Gasteiger partial charge in [-0.3, -0.25) is 19.5 Å². The van der Waals surface area contributed by atoms with Gasteiger partial charge in [-0.1, -0.05) is 0 Å². The summed E-state index contributed by atoms with van der Waals surface area (Å²) in [5.41, 5.74) is 0.259. The van der Waals surface area contributed by atoms with Crippen molar-refractivity contribution >= 4 is 17.1 Å². The number of rotatable bonds is 3. The van der Waals surface area contributed by atoms with Crippen molar-refractivity contribution in [1.82, 2.24) is 4.57 Å². The zero-order valence-corrected chi connectivity index (χ0v) is 13.1. The maximum absolute atomic E-state index is 12.2. The van der Waals surface area contributed by atoms with Gasteiger partial charge >= 0.3 is 0 Å². The average molecular weight is 327 g/mol. The number of nitro groups is 1. The van der Waals surface area contributed by atoms with E-state index >= 15 is 0 Å². The van der Waals surface area contributed by atoms with Crippen LogP contribution in [-0.4, -0.2) is 14.6 Å². The van der Waals surface area contributed by atoms with Crippen molar-refractivity contribution < 1.29 is 10.0 Å². The summed E-state index contributed by atoms with van der Waals surface area (Å²) in [7, 11) is 1.31. The van der Waals surface area contributed by atoms with Crippen molar-refractivity contribution in [3.8, 4) is 11.9 Å². The number of azo groups is 1. The summed E-state index contributed by atoms with van der Waals surface area (Å²) in [5.74, 6) is -0.439. The van der Waals surface area contributed by atoms with E-state index in [-0.39, 0.29) is 22.5 Å². The second-order valence-electron chi connectivity index (χ2n) is 5.08. The third-order valence-electron chi connectivity index (χ3n) is 3.54. The van der Waals surface area contributed by atoms with Crippen molar-refractivity contribution in [2.24, 2.45) is 17.3 Å². The molecule has 9 nitrogen and oxygen atoms in total. The first-order valence-corrected chi connectivity index (χ1v) is 6.77. The minimum atomic E-state index is -0.604. The van der Waals surface area contributed by atoms with Crippen molar-refractivity contribution in [3.63, 3.8) is 0 Å². The van der Waals surface area contributed by atoms with E-state index < -0.39 is 16.4 Å². The molecular formula is C15H13N5O4. The number of non-ortho nitro benzene ring substituents is 1. The maximum Gasteiger partial charge on any atom is 0.281 e. The number of aryl methyl sites for hydroxylation is 1. The van der Waals surface area contributed by atoms with Crippen LogP contribution in [0.3, 0.4) is 0 Å². The van der Waals surface area contributed by atoms with Gasteiger partial charge in [0.2, 0.25) is 5.88 Å². The highest BCUT2D eigenvalue weighted by molar-refractivity contribution is 5.57. The fraction of sp³-hybridized carbons (Fsp3) is 0.200. The van der Waals surface area contributed by atoms with Gasteiger partial charge in [-0.15, -0.1) is 5.11 Å². The zero-order chi connectivity index (χ0) is 18.0. The van der Waals surface area contributed by atoms with Crippen LogP contribution in [0.5, 0.6) is 5.88 Å². The Hall–Kier alpha value is -3.54. The molecule has 1 N–H and O–H groups in total.